The van der Waals surface area contributed by atoms with E-state index in [2.05, 4.69) is 4.98 Å². The molecule has 1 amide bonds. The summed E-state index contributed by atoms with van der Waals surface area (Å²) in [5.41, 5.74) is 1.30. The zero-order valence-corrected chi connectivity index (χ0v) is 14.5. The van der Waals surface area contributed by atoms with Crippen molar-refractivity contribution in [1.29, 1.82) is 0 Å². The monoisotopic (exact) mass is 344 g/mol. The smallest absolute Gasteiger partial charge is 0.255 e. The minimum atomic E-state index is -0.148. The van der Waals surface area contributed by atoms with Gasteiger partial charge in [-0.05, 0) is 41.8 Å². The number of likely N-dealkylation sites (tertiary alicyclic amines) is 1. The Morgan fingerprint density at radius 1 is 0.962 bits per heavy atom. The minimum absolute atomic E-state index is 0.0471. The van der Waals surface area contributed by atoms with E-state index in [-0.39, 0.29) is 17.6 Å². The summed E-state index contributed by atoms with van der Waals surface area (Å²) in [5.74, 6) is -0.0703. The number of nitrogens with zero attached hydrogens (tertiary/aromatic N) is 2. The van der Waals surface area contributed by atoms with Crippen molar-refractivity contribution >= 4 is 22.5 Å². The summed E-state index contributed by atoms with van der Waals surface area (Å²) < 4.78 is 0. The van der Waals surface area contributed by atoms with Crippen molar-refractivity contribution in [3.8, 4) is 0 Å². The molecule has 0 unspecified atom stereocenters. The van der Waals surface area contributed by atoms with Crippen molar-refractivity contribution < 1.29 is 9.59 Å². The number of pyridine rings is 1. The van der Waals surface area contributed by atoms with Crippen LogP contribution in [-0.2, 0) is 0 Å². The van der Waals surface area contributed by atoms with Gasteiger partial charge in [-0.25, -0.2) is 0 Å². The average Bonchev–Trinajstić information content (AvgIpc) is 2.73. The van der Waals surface area contributed by atoms with E-state index < -0.39 is 0 Å². The molecule has 2 aromatic carbocycles. The molecule has 1 aliphatic rings. The predicted octanol–water partition coefficient (Wildman–Crippen LogP) is 3.97. The number of hydrogen-bond acceptors (Lipinski definition) is 3. The number of fused-ring (bicyclic) bond motifs is 1. The molecule has 0 radical (unpaired) electrons. The van der Waals surface area contributed by atoms with Crippen molar-refractivity contribution in [2.45, 2.75) is 12.8 Å². The number of carbonyl (C=O) groups excluding carboxylic acids is 2. The molecule has 4 nitrogen and oxygen atoms in total. The molecule has 2 heterocycles. The quantitative estimate of drug-likeness (QED) is 0.676. The largest absolute Gasteiger partial charge is 0.338 e. The first-order chi connectivity index (χ1) is 12.7. The van der Waals surface area contributed by atoms with Gasteiger partial charge in [0.25, 0.3) is 5.91 Å². The van der Waals surface area contributed by atoms with E-state index in [1.807, 2.05) is 42.5 Å². The molecule has 1 aromatic heterocycles. The highest BCUT2D eigenvalue weighted by atomic mass is 16.2. The first-order valence-corrected chi connectivity index (χ1v) is 8.95. The molecular weight excluding hydrogens is 324 g/mol. The average molecular weight is 344 g/mol. The number of benzene rings is 2. The van der Waals surface area contributed by atoms with Crippen LogP contribution in [-0.4, -0.2) is 34.7 Å². The summed E-state index contributed by atoms with van der Waals surface area (Å²) in [4.78, 5) is 31.5. The first-order valence-electron chi connectivity index (χ1n) is 8.95. The van der Waals surface area contributed by atoms with Crippen molar-refractivity contribution in [3.63, 3.8) is 0 Å². The lowest BCUT2D eigenvalue weighted by molar-refractivity contribution is 0.0636. The van der Waals surface area contributed by atoms with E-state index in [1.165, 1.54) is 0 Å². The maximum Gasteiger partial charge on any atom is 0.255 e. The topological polar surface area (TPSA) is 50.3 Å². The molecule has 0 N–H and O–H groups in total. The van der Waals surface area contributed by atoms with Crippen LogP contribution in [0.25, 0.3) is 10.8 Å². The highest BCUT2D eigenvalue weighted by Gasteiger charge is 2.29. The van der Waals surface area contributed by atoms with Gasteiger partial charge in [-0.2, -0.15) is 0 Å². The molecule has 1 aliphatic heterocycles. The fraction of sp³-hybridized carbons (Fsp3) is 0.227. The Morgan fingerprint density at radius 3 is 2.62 bits per heavy atom. The number of Topliss-reactive ketones (excluding diaryl/α,β-unsaturated/α-hetero) is 1. The second-order valence-corrected chi connectivity index (χ2v) is 6.76. The van der Waals surface area contributed by atoms with Gasteiger partial charge in [0.15, 0.2) is 5.78 Å². The third-order valence-electron chi connectivity index (χ3n) is 5.02. The molecule has 26 heavy (non-hydrogen) atoms. The summed E-state index contributed by atoms with van der Waals surface area (Å²) in [5, 5.41) is 2.19. The number of amides is 1. The standard InChI is InChI=1S/C22H20N2O2/c25-21(18-10-9-16-5-1-2-6-17(16)13-18)20-8-4-12-24(15-20)22(26)19-7-3-11-23-14-19/h1-3,5-7,9-11,13-14,20H,4,8,12,15H2/t20-/m0/s1. The Balaban J connectivity index is 1.53. The molecular formula is C22H20N2O2. The van der Waals surface area contributed by atoms with E-state index >= 15 is 0 Å². The molecule has 0 spiro atoms. The zero-order valence-electron chi connectivity index (χ0n) is 14.5. The Hall–Kier alpha value is -3.01. The van der Waals surface area contributed by atoms with Gasteiger partial charge >= 0.3 is 0 Å². The molecule has 0 bridgehead atoms. The van der Waals surface area contributed by atoms with Crippen LogP contribution in [0.4, 0.5) is 0 Å². The molecule has 0 saturated carbocycles. The highest BCUT2D eigenvalue weighted by molar-refractivity contribution is 6.02. The van der Waals surface area contributed by atoms with E-state index in [4.69, 9.17) is 0 Å². The molecule has 4 rings (SSSR count). The third-order valence-corrected chi connectivity index (χ3v) is 5.02. The van der Waals surface area contributed by atoms with Gasteiger partial charge in [0, 0.05) is 37.0 Å². The molecule has 0 aliphatic carbocycles. The SMILES string of the molecule is O=C(c1ccc2ccccc2c1)[C@H]1CCCN(C(=O)c2cccnc2)C1. The van der Waals surface area contributed by atoms with E-state index in [0.717, 1.165) is 29.2 Å². The Morgan fingerprint density at radius 2 is 1.81 bits per heavy atom. The number of rotatable bonds is 3. The number of piperidine rings is 1. The summed E-state index contributed by atoms with van der Waals surface area (Å²) in [6.07, 6.45) is 4.90. The summed E-state index contributed by atoms with van der Waals surface area (Å²) in [6.45, 7) is 1.16. The summed E-state index contributed by atoms with van der Waals surface area (Å²) >= 11 is 0. The van der Waals surface area contributed by atoms with Gasteiger partial charge < -0.3 is 4.90 Å². The second-order valence-electron chi connectivity index (χ2n) is 6.76. The Bertz CT molecular complexity index is 953. The first kappa shape index (κ1) is 16.5. The van der Waals surface area contributed by atoms with Crippen molar-refractivity contribution in [1.82, 2.24) is 9.88 Å². The lowest BCUT2D eigenvalue weighted by atomic mass is 9.89. The fourth-order valence-corrected chi connectivity index (χ4v) is 3.63. The predicted molar refractivity (Wildman–Crippen MR) is 101 cm³/mol. The molecule has 1 fully saturated rings. The van der Waals surface area contributed by atoms with E-state index in [1.54, 1.807) is 29.4 Å². The normalized spacial score (nSPS) is 17.2. The molecule has 4 heteroatoms. The van der Waals surface area contributed by atoms with Crippen molar-refractivity contribution in [2.24, 2.45) is 5.92 Å². The third kappa shape index (κ3) is 3.23. The van der Waals surface area contributed by atoms with Gasteiger partial charge in [-0.15, -0.1) is 0 Å². The van der Waals surface area contributed by atoms with E-state index in [0.29, 0.717) is 18.7 Å². The molecule has 3 aromatic rings. The van der Waals surface area contributed by atoms with Gasteiger partial charge in [-0.3, -0.25) is 14.6 Å². The maximum atomic E-state index is 13.0. The maximum absolute atomic E-state index is 13.0. The van der Waals surface area contributed by atoms with Crippen LogP contribution >= 0.6 is 0 Å². The molecule has 1 atom stereocenters. The van der Waals surface area contributed by atoms with Crippen LogP contribution in [0, 0.1) is 5.92 Å². The number of ketones is 1. The van der Waals surface area contributed by atoms with Crippen molar-refractivity contribution in [3.05, 3.63) is 78.1 Å². The summed E-state index contributed by atoms with van der Waals surface area (Å²) in [6, 6.07) is 17.4. The van der Waals surface area contributed by atoms with Gasteiger partial charge in [0.05, 0.1) is 5.56 Å². The Labute approximate surface area is 152 Å². The van der Waals surface area contributed by atoms with E-state index in [9.17, 15) is 9.59 Å². The van der Waals surface area contributed by atoms with Gasteiger partial charge in [-0.1, -0.05) is 36.4 Å². The van der Waals surface area contributed by atoms with Crippen LogP contribution in [0.1, 0.15) is 33.6 Å². The summed E-state index contributed by atoms with van der Waals surface area (Å²) in [7, 11) is 0. The van der Waals surface area contributed by atoms with Gasteiger partial charge in [0.2, 0.25) is 0 Å². The number of carbonyl (C=O) groups is 2. The highest BCUT2D eigenvalue weighted by Crippen LogP contribution is 2.24. The van der Waals surface area contributed by atoms with Crippen LogP contribution in [0.5, 0.6) is 0 Å². The van der Waals surface area contributed by atoms with Crippen LogP contribution in [0.2, 0.25) is 0 Å². The molecule has 1 saturated heterocycles. The fourth-order valence-electron chi connectivity index (χ4n) is 3.63. The minimum Gasteiger partial charge on any atom is -0.338 e. The number of aromatic nitrogens is 1. The second kappa shape index (κ2) is 7.08. The zero-order chi connectivity index (χ0) is 17.9. The van der Waals surface area contributed by atoms with Crippen molar-refractivity contribution in [2.75, 3.05) is 13.1 Å². The lowest BCUT2D eigenvalue weighted by Crippen LogP contribution is -2.42. The lowest BCUT2D eigenvalue weighted by Gasteiger charge is -2.32. The van der Waals surface area contributed by atoms with Crippen LogP contribution in [0.15, 0.2) is 67.0 Å². The van der Waals surface area contributed by atoms with Crippen LogP contribution < -0.4 is 0 Å². The van der Waals surface area contributed by atoms with Gasteiger partial charge in [0.1, 0.15) is 0 Å². The van der Waals surface area contributed by atoms with Crippen LogP contribution in [0.3, 0.4) is 0 Å². The number of hydrogen-bond donors (Lipinski definition) is 0. The molecule has 130 valence electrons. The Kier molecular flexibility index (Phi) is 4.48.